The fraction of sp³-hybridized carbons (Fsp3) is 0.308. The van der Waals surface area contributed by atoms with Crippen LogP contribution in [-0.2, 0) is 0 Å². The van der Waals surface area contributed by atoms with Gasteiger partial charge in [0.2, 0.25) is 0 Å². The van der Waals surface area contributed by atoms with Gasteiger partial charge in [0.15, 0.2) is 0 Å². The van der Waals surface area contributed by atoms with Gasteiger partial charge in [-0.25, -0.2) is 0 Å². The molecule has 0 aliphatic carbocycles. The third kappa shape index (κ3) is 3.03. The Hall–Kier alpha value is -1.95. The molecule has 0 aliphatic heterocycles. The van der Waals surface area contributed by atoms with Crippen LogP contribution in [0.3, 0.4) is 0 Å². The SMILES string of the molecule is C#CC(C)(C)NC(=C)c1cc(NC)ccn1. The zero-order chi connectivity index (χ0) is 12.2. The highest BCUT2D eigenvalue weighted by Gasteiger charge is 2.14. The van der Waals surface area contributed by atoms with E-state index >= 15 is 0 Å². The minimum Gasteiger partial charge on any atom is -0.388 e. The number of hydrogen-bond acceptors (Lipinski definition) is 3. The van der Waals surface area contributed by atoms with Crippen LogP contribution >= 0.6 is 0 Å². The highest BCUT2D eigenvalue weighted by molar-refractivity contribution is 5.63. The van der Waals surface area contributed by atoms with Crippen LogP contribution in [0.2, 0.25) is 0 Å². The Labute approximate surface area is 97.0 Å². The van der Waals surface area contributed by atoms with E-state index in [0.717, 1.165) is 17.1 Å². The number of anilines is 1. The lowest BCUT2D eigenvalue weighted by Crippen LogP contribution is -2.36. The molecule has 84 valence electrons. The highest BCUT2D eigenvalue weighted by atomic mass is 15.0. The average molecular weight is 215 g/mol. The summed E-state index contributed by atoms with van der Waals surface area (Å²) in [5, 5.41) is 6.20. The first-order valence-corrected chi connectivity index (χ1v) is 5.07. The lowest BCUT2D eigenvalue weighted by Gasteiger charge is -2.22. The van der Waals surface area contributed by atoms with Crippen LogP contribution in [0.1, 0.15) is 19.5 Å². The normalized spacial score (nSPS) is 10.4. The van der Waals surface area contributed by atoms with Gasteiger partial charge in [-0.15, -0.1) is 6.42 Å². The van der Waals surface area contributed by atoms with E-state index < -0.39 is 5.54 Å². The molecule has 1 aromatic heterocycles. The summed E-state index contributed by atoms with van der Waals surface area (Å²) in [6.07, 6.45) is 7.14. The van der Waals surface area contributed by atoms with Crippen molar-refractivity contribution in [1.82, 2.24) is 10.3 Å². The van der Waals surface area contributed by atoms with Gasteiger partial charge in [0.1, 0.15) is 0 Å². The predicted molar refractivity (Wildman–Crippen MR) is 68.9 cm³/mol. The second kappa shape index (κ2) is 4.71. The van der Waals surface area contributed by atoms with E-state index in [9.17, 15) is 0 Å². The van der Waals surface area contributed by atoms with Crippen molar-refractivity contribution in [1.29, 1.82) is 0 Å². The van der Waals surface area contributed by atoms with Crippen LogP contribution in [0, 0.1) is 12.3 Å². The number of nitrogens with one attached hydrogen (secondary N) is 2. The molecule has 3 nitrogen and oxygen atoms in total. The van der Waals surface area contributed by atoms with Crippen molar-refractivity contribution in [2.75, 3.05) is 12.4 Å². The van der Waals surface area contributed by atoms with Crippen LogP contribution in [0.25, 0.3) is 5.70 Å². The van der Waals surface area contributed by atoms with Crippen molar-refractivity contribution in [3.05, 3.63) is 30.6 Å². The van der Waals surface area contributed by atoms with Crippen molar-refractivity contribution in [2.24, 2.45) is 0 Å². The predicted octanol–water partition coefficient (Wildman–Crippen LogP) is 2.10. The van der Waals surface area contributed by atoms with Gasteiger partial charge in [-0.3, -0.25) is 4.98 Å². The monoisotopic (exact) mass is 215 g/mol. The van der Waals surface area contributed by atoms with Gasteiger partial charge in [0.25, 0.3) is 0 Å². The molecule has 2 N–H and O–H groups in total. The van der Waals surface area contributed by atoms with Crippen molar-refractivity contribution >= 4 is 11.4 Å². The fourth-order valence-electron chi connectivity index (χ4n) is 1.23. The molecule has 0 aliphatic rings. The Morgan fingerprint density at radius 2 is 2.25 bits per heavy atom. The van der Waals surface area contributed by atoms with E-state index in [1.165, 1.54) is 0 Å². The first-order chi connectivity index (χ1) is 7.48. The molecule has 1 rings (SSSR count). The second-order valence-corrected chi connectivity index (χ2v) is 4.05. The van der Waals surface area contributed by atoms with Crippen LogP contribution < -0.4 is 10.6 Å². The molecule has 1 heterocycles. The maximum Gasteiger partial charge on any atom is 0.0927 e. The van der Waals surface area contributed by atoms with Gasteiger partial charge in [-0.05, 0) is 26.0 Å². The number of hydrogen-bond donors (Lipinski definition) is 2. The Kier molecular flexibility index (Phi) is 3.57. The summed E-state index contributed by atoms with van der Waals surface area (Å²) in [5.74, 6) is 2.66. The Morgan fingerprint density at radius 3 is 2.81 bits per heavy atom. The van der Waals surface area contributed by atoms with Crippen LogP contribution in [0.5, 0.6) is 0 Å². The van der Waals surface area contributed by atoms with E-state index in [4.69, 9.17) is 6.42 Å². The molecule has 16 heavy (non-hydrogen) atoms. The lowest BCUT2D eigenvalue weighted by molar-refractivity contribution is 0.586. The van der Waals surface area contributed by atoms with E-state index in [1.807, 2.05) is 33.0 Å². The molecule has 0 fully saturated rings. The van der Waals surface area contributed by atoms with E-state index in [0.29, 0.717) is 0 Å². The van der Waals surface area contributed by atoms with Gasteiger partial charge in [-0.2, -0.15) is 0 Å². The number of nitrogens with zero attached hydrogens (tertiary/aromatic N) is 1. The number of rotatable bonds is 4. The molecular formula is C13H17N3. The molecule has 0 saturated carbocycles. The minimum atomic E-state index is -0.422. The highest BCUT2D eigenvalue weighted by Crippen LogP contribution is 2.15. The fourth-order valence-corrected chi connectivity index (χ4v) is 1.23. The summed E-state index contributed by atoms with van der Waals surface area (Å²) in [6, 6.07) is 3.81. The van der Waals surface area contributed by atoms with Crippen LogP contribution in [0.4, 0.5) is 5.69 Å². The molecule has 1 aromatic rings. The summed E-state index contributed by atoms with van der Waals surface area (Å²) in [5.41, 5.74) is 2.08. The van der Waals surface area contributed by atoms with E-state index in [-0.39, 0.29) is 0 Å². The Bertz CT molecular complexity index is 427. The van der Waals surface area contributed by atoms with E-state index in [1.54, 1.807) is 6.20 Å². The van der Waals surface area contributed by atoms with Crippen molar-refractivity contribution in [3.8, 4) is 12.3 Å². The summed E-state index contributed by atoms with van der Waals surface area (Å²) in [7, 11) is 1.86. The number of aromatic nitrogens is 1. The summed E-state index contributed by atoms with van der Waals surface area (Å²) >= 11 is 0. The average Bonchev–Trinajstić information content (AvgIpc) is 2.28. The molecule has 3 heteroatoms. The molecule has 0 spiro atoms. The number of terminal acetylenes is 1. The summed E-state index contributed by atoms with van der Waals surface area (Å²) < 4.78 is 0. The van der Waals surface area contributed by atoms with Gasteiger partial charge < -0.3 is 10.6 Å². The molecular weight excluding hydrogens is 198 g/mol. The van der Waals surface area contributed by atoms with Crippen LogP contribution in [-0.4, -0.2) is 17.6 Å². The van der Waals surface area contributed by atoms with Crippen molar-refractivity contribution in [3.63, 3.8) is 0 Å². The van der Waals surface area contributed by atoms with Gasteiger partial charge in [-0.1, -0.05) is 12.5 Å². The first-order valence-electron chi connectivity index (χ1n) is 5.07. The van der Waals surface area contributed by atoms with E-state index in [2.05, 4.69) is 28.1 Å². The first kappa shape index (κ1) is 12.1. The standard InChI is InChI=1S/C13H17N3/c1-6-13(3,4)16-10(2)12-9-11(14-5)7-8-15-12/h1,7-9,16H,2H2,3-5H3,(H,14,15). The van der Waals surface area contributed by atoms with Crippen LogP contribution in [0.15, 0.2) is 24.9 Å². The van der Waals surface area contributed by atoms with Crippen molar-refractivity contribution in [2.45, 2.75) is 19.4 Å². The smallest absolute Gasteiger partial charge is 0.0927 e. The molecule has 0 saturated heterocycles. The van der Waals surface area contributed by atoms with Crippen molar-refractivity contribution < 1.29 is 0 Å². The lowest BCUT2D eigenvalue weighted by atomic mass is 10.1. The van der Waals surface area contributed by atoms with Gasteiger partial charge in [0.05, 0.1) is 16.9 Å². The summed E-state index contributed by atoms with van der Waals surface area (Å²) in [6.45, 7) is 7.77. The quantitative estimate of drug-likeness (QED) is 0.755. The molecule has 0 amide bonds. The zero-order valence-corrected chi connectivity index (χ0v) is 9.96. The minimum absolute atomic E-state index is 0.422. The Morgan fingerprint density at radius 1 is 1.56 bits per heavy atom. The molecule has 0 unspecified atom stereocenters. The topological polar surface area (TPSA) is 37.0 Å². The third-order valence-electron chi connectivity index (χ3n) is 2.18. The van der Waals surface area contributed by atoms with Gasteiger partial charge >= 0.3 is 0 Å². The van der Waals surface area contributed by atoms with Gasteiger partial charge in [0, 0.05) is 18.9 Å². The largest absolute Gasteiger partial charge is 0.388 e. The zero-order valence-electron chi connectivity index (χ0n) is 9.96. The summed E-state index contributed by atoms with van der Waals surface area (Å²) in [4.78, 5) is 4.24. The second-order valence-electron chi connectivity index (χ2n) is 4.05. The molecule has 0 atom stereocenters. The number of pyridine rings is 1. The Balaban J connectivity index is 2.86. The molecule has 0 aromatic carbocycles. The molecule has 0 radical (unpaired) electrons. The third-order valence-corrected chi connectivity index (χ3v) is 2.18. The maximum atomic E-state index is 5.40. The molecule has 0 bridgehead atoms. The maximum absolute atomic E-state index is 5.40.